The second kappa shape index (κ2) is 6.52. The lowest BCUT2D eigenvalue weighted by atomic mass is 10.2. The molecule has 1 aromatic heterocycles. The number of oxime groups is 1. The number of carbonyl (C=O) groups excluding carboxylic acids is 1. The Morgan fingerprint density at radius 2 is 2.38 bits per heavy atom. The topological polar surface area (TPSA) is 94.8 Å². The van der Waals surface area contributed by atoms with Gasteiger partial charge in [-0.15, -0.1) is 0 Å². The molecule has 0 unspecified atom stereocenters. The molecule has 16 heavy (non-hydrogen) atoms. The summed E-state index contributed by atoms with van der Waals surface area (Å²) in [4.78, 5) is 15.4. The Balaban J connectivity index is 2.56. The smallest absolute Gasteiger partial charge is 0.252 e. The lowest BCUT2D eigenvalue weighted by molar-refractivity contribution is 0.0951. The van der Waals surface area contributed by atoms with E-state index in [0.29, 0.717) is 24.2 Å². The lowest BCUT2D eigenvalue weighted by Crippen LogP contribution is -2.25. The number of aliphatic hydroxyl groups is 1. The molecule has 0 aromatic carbocycles. The second-order valence-electron chi connectivity index (χ2n) is 3.05. The monoisotopic (exact) mass is 223 g/mol. The van der Waals surface area contributed by atoms with Crippen molar-refractivity contribution >= 4 is 12.1 Å². The molecule has 0 saturated heterocycles. The standard InChI is InChI=1S/C10H13N3O3/c14-5-1-4-11-10(15)8-2-3-9(7-13-16)12-6-8/h2-3,6-7,14,16H,1,4-5H2,(H,11,15)/b13-7-. The Labute approximate surface area is 92.6 Å². The number of rotatable bonds is 5. The zero-order valence-electron chi connectivity index (χ0n) is 8.63. The van der Waals surface area contributed by atoms with Crippen molar-refractivity contribution in [2.45, 2.75) is 6.42 Å². The first-order valence-corrected chi connectivity index (χ1v) is 4.80. The van der Waals surface area contributed by atoms with Gasteiger partial charge in [-0.25, -0.2) is 0 Å². The molecule has 0 saturated carbocycles. The highest BCUT2D eigenvalue weighted by atomic mass is 16.4. The first-order valence-electron chi connectivity index (χ1n) is 4.80. The molecule has 0 aliphatic carbocycles. The van der Waals surface area contributed by atoms with Gasteiger partial charge in [-0.05, 0) is 18.6 Å². The van der Waals surface area contributed by atoms with E-state index < -0.39 is 0 Å². The molecule has 0 aliphatic heterocycles. The number of pyridine rings is 1. The minimum atomic E-state index is -0.242. The van der Waals surface area contributed by atoms with Crippen molar-refractivity contribution in [3.63, 3.8) is 0 Å². The maximum absolute atomic E-state index is 11.5. The summed E-state index contributed by atoms with van der Waals surface area (Å²) < 4.78 is 0. The number of nitrogens with one attached hydrogen (secondary N) is 1. The molecule has 86 valence electrons. The molecule has 1 amide bonds. The first kappa shape index (κ1) is 12.1. The summed E-state index contributed by atoms with van der Waals surface area (Å²) in [5.74, 6) is -0.242. The van der Waals surface area contributed by atoms with E-state index in [0.717, 1.165) is 0 Å². The number of carbonyl (C=O) groups is 1. The van der Waals surface area contributed by atoms with Gasteiger partial charge in [0.2, 0.25) is 0 Å². The molecule has 6 heteroatoms. The zero-order chi connectivity index (χ0) is 11.8. The predicted octanol–water partition coefficient (Wildman–Crippen LogP) is 0.00190. The van der Waals surface area contributed by atoms with E-state index in [1.165, 1.54) is 12.4 Å². The van der Waals surface area contributed by atoms with Crippen LogP contribution in [0.1, 0.15) is 22.5 Å². The van der Waals surface area contributed by atoms with Crippen LogP contribution in [-0.4, -0.2) is 40.6 Å². The fourth-order valence-corrected chi connectivity index (χ4v) is 1.06. The van der Waals surface area contributed by atoms with E-state index in [9.17, 15) is 4.79 Å². The highest BCUT2D eigenvalue weighted by Gasteiger charge is 2.04. The van der Waals surface area contributed by atoms with Gasteiger partial charge in [0.1, 0.15) is 0 Å². The van der Waals surface area contributed by atoms with Crippen LogP contribution in [0.2, 0.25) is 0 Å². The molecular formula is C10H13N3O3. The Morgan fingerprint density at radius 3 is 2.94 bits per heavy atom. The van der Waals surface area contributed by atoms with Crippen LogP contribution >= 0.6 is 0 Å². The number of aromatic nitrogens is 1. The molecule has 1 aromatic rings. The summed E-state index contributed by atoms with van der Waals surface area (Å²) in [5.41, 5.74) is 0.891. The third kappa shape index (κ3) is 3.66. The van der Waals surface area contributed by atoms with Crippen LogP contribution in [0.25, 0.3) is 0 Å². The van der Waals surface area contributed by atoms with Gasteiger partial charge in [0.05, 0.1) is 17.5 Å². The van der Waals surface area contributed by atoms with Gasteiger partial charge in [0.15, 0.2) is 0 Å². The molecule has 0 fully saturated rings. The summed E-state index contributed by atoms with van der Waals surface area (Å²) in [6, 6.07) is 3.15. The number of hydrogen-bond acceptors (Lipinski definition) is 5. The van der Waals surface area contributed by atoms with E-state index in [1.807, 2.05) is 0 Å². The molecular weight excluding hydrogens is 210 g/mol. The Kier molecular flexibility index (Phi) is 4.94. The van der Waals surface area contributed by atoms with E-state index >= 15 is 0 Å². The van der Waals surface area contributed by atoms with E-state index in [-0.39, 0.29) is 12.5 Å². The van der Waals surface area contributed by atoms with Gasteiger partial charge in [-0.3, -0.25) is 9.78 Å². The third-order valence-corrected chi connectivity index (χ3v) is 1.86. The SMILES string of the molecule is O=C(NCCCO)c1ccc(/C=N\O)nc1. The van der Waals surface area contributed by atoms with Crippen molar-refractivity contribution in [3.8, 4) is 0 Å². The predicted molar refractivity (Wildman–Crippen MR) is 57.7 cm³/mol. The molecule has 0 atom stereocenters. The minimum Gasteiger partial charge on any atom is -0.411 e. The van der Waals surface area contributed by atoms with Gasteiger partial charge >= 0.3 is 0 Å². The molecule has 3 N–H and O–H groups in total. The molecule has 1 rings (SSSR count). The summed E-state index contributed by atoms with van der Waals surface area (Å²) in [5, 5.41) is 22.3. The zero-order valence-corrected chi connectivity index (χ0v) is 8.63. The second-order valence-corrected chi connectivity index (χ2v) is 3.05. The average molecular weight is 223 g/mol. The Hall–Kier alpha value is -1.95. The number of amides is 1. The Morgan fingerprint density at radius 1 is 1.56 bits per heavy atom. The molecule has 0 radical (unpaired) electrons. The molecule has 0 spiro atoms. The number of hydrogen-bond donors (Lipinski definition) is 3. The van der Waals surface area contributed by atoms with Crippen LogP contribution in [0.4, 0.5) is 0 Å². The molecule has 0 aliphatic rings. The van der Waals surface area contributed by atoms with Gasteiger partial charge in [0, 0.05) is 19.3 Å². The fraction of sp³-hybridized carbons (Fsp3) is 0.300. The van der Waals surface area contributed by atoms with E-state index in [4.69, 9.17) is 10.3 Å². The van der Waals surface area contributed by atoms with Crippen molar-refractivity contribution < 1.29 is 15.1 Å². The van der Waals surface area contributed by atoms with Crippen molar-refractivity contribution in [2.75, 3.05) is 13.2 Å². The summed E-state index contributed by atoms with van der Waals surface area (Å²) in [6.45, 7) is 0.472. The fourth-order valence-electron chi connectivity index (χ4n) is 1.06. The third-order valence-electron chi connectivity index (χ3n) is 1.86. The quantitative estimate of drug-likeness (QED) is 0.283. The summed E-state index contributed by atoms with van der Waals surface area (Å²) in [7, 11) is 0. The first-order chi connectivity index (χ1) is 7.77. The van der Waals surface area contributed by atoms with Crippen LogP contribution in [-0.2, 0) is 0 Å². The van der Waals surface area contributed by atoms with Gasteiger partial charge in [-0.2, -0.15) is 0 Å². The maximum atomic E-state index is 11.5. The number of aliphatic hydroxyl groups excluding tert-OH is 1. The highest BCUT2D eigenvalue weighted by molar-refractivity contribution is 5.94. The summed E-state index contributed by atoms with van der Waals surface area (Å²) >= 11 is 0. The Bertz CT molecular complexity index is 362. The van der Waals surface area contributed by atoms with Crippen LogP contribution < -0.4 is 5.32 Å². The molecule has 6 nitrogen and oxygen atoms in total. The van der Waals surface area contributed by atoms with Crippen LogP contribution in [0, 0.1) is 0 Å². The van der Waals surface area contributed by atoms with Crippen LogP contribution in [0.15, 0.2) is 23.5 Å². The van der Waals surface area contributed by atoms with Gasteiger partial charge in [0.25, 0.3) is 5.91 Å². The van der Waals surface area contributed by atoms with E-state index in [2.05, 4.69) is 15.5 Å². The van der Waals surface area contributed by atoms with E-state index in [1.54, 1.807) is 12.1 Å². The molecule has 1 heterocycles. The van der Waals surface area contributed by atoms with Gasteiger partial charge < -0.3 is 15.6 Å². The van der Waals surface area contributed by atoms with Crippen LogP contribution in [0.5, 0.6) is 0 Å². The highest BCUT2D eigenvalue weighted by Crippen LogP contribution is 1.98. The maximum Gasteiger partial charge on any atom is 0.252 e. The van der Waals surface area contributed by atoms with Crippen molar-refractivity contribution in [3.05, 3.63) is 29.6 Å². The average Bonchev–Trinajstić information content (AvgIpc) is 2.30. The van der Waals surface area contributed by atoms with Crippen molar-refractivity contribution in [2.24, 2.45) is 5.16 Å². The van der Waals surface area contributed by atoms with Crippen molar-refractivity contribution in [1.29, 1.82) is 0 Å². The minimum absolute atomic E-state index is 0.0461. The normalized spacial score (nSPS) is 10.6. The lowest BCUT2D eigenvalue weighted by Gasteiger charge is -2.03. The summed E-state index contributed by atoms with van der Waals surface area (Å²) in [6.07, 6.45) is 3.09. The molecule has 0 bridgehead atoms. The van der Waals surface area contributed by atoms with Crippen molar-refractivity contribution in [1.82, 2.24) is 10.3 Å². The largest absolute Gasteiger partial charge is 0.411 e. The van der Waals surface area contributed by atoms with Gasteiger partial charge in [-0.1, -0.05) is 5.16 Å². The number of nitrogens with zero attached hydrogens (tertiary/aromatic N) is 2. The van der Waals surface area contributed by atoms with Crippen LogP contribution in [0.3, 0.4) is 0 Å².